The highest BCUT2D eigenvalue weighted by Gasteiger charge is 2.46. The Morgan fingerprint density at radius 1 is 1.04 bits per heavy atom. The van der Waals surface area contributed by atoms with E-state index in [4.69, 9.17) is 9.84 Å². The molecule has 24 heavy (non-hydrogen) atoms. The number of carboxylic acids is 1. The number of aliphatic hydroxyl groups excluding tert-OH is 5. The van der Waals surface area contributed by atoms with Crippen LogP contribution in [0.1, 0.15) is 10.4 Å². The van der Waals surface area contributed by atoms with Crippen molar-refractivity contribution in [3.8, 4) is 5.75 Å². The summed E-state index contributed by atoms with van der Waals surface area (Å²) in [6.07, 6.45) is -6.00. The summed E-state index contributed by atoms with van der Waals surface area (Å²) in [7, 11) is 0. The van der Waals surface area contributed by atoms with Gasteiger partial charge >= 0.3 is 5.97 Å². The van der Waals surface area contributed by atoms with Gasteiger partial charge in [0, 0.05) is 6.54 Å². The van der Waals surface area contributed by atoms with Gasteiger partial charge in [-0.3, -0.25) is 4.90 Å². The number of aliphatic hydroxyl groups is 5. The number of ether oxygens (including phenoxy) is 1. The van der Waals surface area contributed by atoms with Crippen LogP contribution in [-0.2, 0) is 0 Å². The average Bonchev–Trinajstić information content (AvgIpc) is 2.58. The van der Waals surface area contributed by atoms with Crippen LogP contribution >= 0.6 is 0 Å². The fraction of sp³-hybridized carbons (Fsp3) is 0.533. The Bertz CT molecular complexity index is 551. The van der Waals surface area contributed by atoms with Crippen LogP contribution in [0, 0.1) is 0 Å². The van der Waals surface area contributed by atoms with Crippen molar-refractivity contribution in [1.82, 2.24) is 4.90 Å². The summed E-state index contributed by atoms with van der Waals surface area (Å²) >= 11 is 0. The van der Waals surface area contributed by atoms with Crippen molar-refractivity contribution >= 4 is 5.97 Å². The maximum absolute atomic E-state index is 10.8. The molecule has 0 amide bonds. The molecule has 9 nitrogen and oxygen atoms in total. The van der Waals surface area contributed by atoms with Crippen LogP contribution in [0.25, 0.3) is 0 Å². The first kappa shape index (κ1) is 18.6. The zero-order valence-corrected chi connectivity index (χ0v) is 12.8. The molecule has 0 aliphatic carbocycles. The molecular weight excluding hydrogens is 322 g/mol. The third-order valence-corrected chi connectivity index (χ3v) is 4.07. The van der Waals surface area contributed by atoms with Crippen LogP contribution in [0.5, 0.6) is 5.75 Å². The van der Waals surface area contributed by atoms with Crippen molar-refractivity contribution in [2.45, 2.75) is 30.6 Å². The second kappa shape index (κ2) is 7.88. The van der Waals surface area contributed by atoms with Crippen LogP contribution in [0.3, 0.4) is 0 Å². The molecule has 1 aliphatic rings. The molecule has 1 saturated heterocycles. The molecule has 0 radical (unpaired) electrons. The van der Waals surface area contributed by atoms with Crippen molar-refractivity contribution in [3.63, 3.8) is 0 Å². The molecule has 0 saturated carbocycles. The van der Waals surface area contributed by atoms with E-state index in [1.807, 2.05) is 0 Å². The number of piperidine rings is 1. The minimum Gasteiger partial charge on any atom is -0.492 e. The Morgan fingerprint density at radius 3 is 2.21 bits per heavy atom. The molecule has 1 unspecified atom stereocenters. The highest BCUT2D eigenvalue weighted by molar-refractivity contribution is 5.87. The molecule has 5 atom stereocenters. The molecule has 134 valence electrons. The predicted molar refractivity (Wildman–Crippen MR) is 80.5 cm³/mol. The number of benzene rings is 1. The van der Waals surface area contributed by atoms with E-state index in [0.29, 0.717) is 5.75 Å². The number of carboxylic acid groups (broad SMARTS) is 1. The minimum atomic E-state index is -1.57. The summed E-state index contributed by atoms with van der Waals surface area (Å²) < 4.78 is 5.43. The Balaban J connectivity index is 1.95. The van der Waals surface area contributed by atoms with E-state index in [2.05, 4.69) is 0 Å². The molecule has 1 aliphatic heterocycles. The van der Waals surface area contributed by atoms with Crippen LogP contribution in [-0.4, -0.2) is 91.8 Å². The number of hydrogen-bond acceptors (Lipinski definition) is 8. The third kappa shape index (κ3) is 3.83. The van der Waals surface area contributed by atoms with Crippen molar-refractivity contribution in [1.29, 1.82) is 0 Å². The van der Waals surface area contributed by atoms with Crippen LogP contribution < -0.4 is 4.74 Å². The third-order valence-electron chi connectivity index (χ3n) is 4.07. The number of aromatic carboxylic acids is 1. The molecular formula is C15H21NO8. The van der Waals surface area contributed by atoms with Gasteiger partial charge in [-0.05, 0) is 24.3 Å². The highest BCUT2D eigenvalue weighted by atomic mass is 16.5. The Morgan fingerprint density at radius 2 is 1.67 bits per heavy atom. The lowest BCUT2D eigenvalue weighted by Crippen LogP contribution is -2.67. The molecule has 1 fully saturated rings. The number of carbonyl (C=O) groups is 1. The van der Waals surface area contributed by atoms with E-state index in [-0.39, 0.29) is 18.7 Å². The summed E-state index contributed by atoms with van der Waals surface area (Å²) in [6.45, 7) is -0.404. The van der Waals surface area contributed by atoms with Gasteiger partial charge in [0.1, 0.15) is 36.9 Å². The number of rotatable bonds is 6. The quantitative estimate of drug-likeness (QED) is 0.339. The van der Waals surface area contributed by atoms with E-state index in [9.17, 15) is 30.3 Å². The van der Waals surface area contributed by atoms with Crippen LogP contribution in [0.2, 0.25) is 0 Å². The molecule has 0 bridgehead atoms. The maximum Gasteiger partial charge on any atom is 0.335 e. The van der Waals surface area contributed by atoms with E-state index in [0.717, 1.165) is 0 Å². The van der Waals surface area contributed by atoms with E-state index in [1.165, 1.54) is 29.2 Å². The Labute approximate surface area is 138 Å². The van der Waals surface area contributed by atoms with Crippen molar-refractivity contribution in [2.75, 3.05) is 19.8 Å². The first-order chi connectivity index (χ1) is 11.4. The first-order valence-electron chi connectivity index (χ1n) is 7.42. The molecule has 2 rings (SSSR count). The smallest absolute Gasteiger partial charge is 0.335 e. The zero-order chi connectivity index (χ0) is 17.9. The monoisotopic (exact) mass is 343 g/mol. The lowest BCUT2D eigenvalue weighted by atomic mass is 9.93. The molecule has 9 heteroatoms. The lowest BCUT2D eigenvalue weighted by molar-refractivity contribution is -0.223. The maximum atomic E-state index is 10.8. The van der Waals surface area contributed by atoms with Crippen molar-refractivity contribution < 1.29 is 40.2 Å². The summed E-state index contributed by atoms with van der Waals surface area (Å²) in [5, 5.41) is 57.4. The lowest BCUT2D eigenvalue weighted by Gasteiger charge is -2.46. The molecule has 1 aromatic carbocycles. The van der Waals surface area contributed by atoms with Gasteiger partial charge in [0.15, 0.2) is 0 Å². The van der Waals surface area contributed by atoms with Gasteiger partial charge in [-0.1, -0.05) is 0 Å². The van der Waals surface area contributed by atoms with Gasteiger partial charge in [-0.15, -0.1) is 0 Å². The second-order valence-corrected chi connectivity index (χ2v) is 5.55. The Kier molecular flexibility index (Phi) is 6.10. The molecule has 1 aromatic rings. The van der Waals surface area contributed by atoms with Crippen molar-refractivity contribution in [2.24, 2.45) is 0 Å². The molecule has 1 heterocycles. The predicted octanol–water partition coefficient (Wildman–Crippen LogP) is -2.16. The highest BCUT2D eigenvalue weighted by Crippen LogP contribution is 2.23. The summed E-state index contributed by atoms with van der Waals surface area (Å²) in [6, 6.07) is 4.78. The summed E-state index contributed by atoms with van der Waals surface area (Å²) in [5.41, 5.74) is 0.120. The number of nitrogens with zero attached hydrogens (tertiary/aromatic N) is 1. The topological polar surface area (TPSA) is 151 Å². The Hall–Kier alpha value is -1.75. The fourth-order valence-corrected chi connectivity index (χ4v) is 2.67. The van der Waals surface area contributed by atoms with Gasteiger partial charge in [-0.2, -0.15) is 0 Å². The van der Waals surface area contributed by atoms with Gasteiger partial charge in [0.2, 0.25) is 0 Å². The van der Waals surface area contributed by atoms with Crippen LogP contribution in [0.15, 0.2) is 24.3 Å². The van der Waals surface area contributed by atoms with Gasteiger partial charge in [0.05, 0.1) is 18.2 Å². The SMILES string of the molecule is O=C(O)c1ccc(OCCN2C(O)[C@H](O)[C@@H](O)[C@H](O)[C@H]2CO)cc1. The minimum absolute atomic E-state index is 0.0511. The van der Waals surface area contributed by atoms with Crippen LogP contribution in [0.4, 0.5) is 0 Å². The van der Waals surface area contributed by atoms with Gasteiger partial charge < -0.3 is 35.4 Å². The number of likely N-dealkylation sites (tertiary alicyclic amines) is 1. The first-order valence-corrected chi connectivity index (χ1v) is 7.42. The van der Waals surface area contributed by atoms with Gasteiger partial charge in [-0.25, -0.2) is 4.79 Å². The summed E-state index contributed by atoms with van der Waals surface area (Å²) in [4.78, 5) is 12.0. The second-order valence-electron chi connectivity index (χ2n) is 5.55. The molecule has 0 aromatic heterocycles. The largest absolute Gasteiger partial charge is 0.492 e. The number of hydrogen-bond donors (Lipinski definition) is 6. The van der Waals surface area contributed by atoms with Gasteiger partial charge in [0.25, 0.3) is 0 Å². The fourth-order valence-electron chi connectivity index (χ4n) is 2.67. The average molecular weight is 343 g/mol. The van der Waals surface area contributed by atoms with E-state index in [1.54, 1.807) is 0 Å². The van der Waals surface area contributed by atoms with Crippen molar-refractivity contribution in [3.05, 3.63) is 29.8 Å². The normalized spacial score (nSPS) is 31.0. The standard InChI is InChI=1S/C15H21NO8/c17-7-10-11(18)12(19)13(20)14(21)16(10)5-6-24-9-3-1-8(2-4-9)15(22)23/h1-4,10-14,17-21H,5-7H2,(H,22,23)/t10-,11-,12+,13-,14?/m1/s1. The van der Waals surface area contributed by atoms with E-state index >= 15 is 0 Å². The summed E-state index contributed by atoms with van der Waals surface area (Å²) in [5.74, 6) is -0.640. The van der Waals surface area contributed by atoms with E-state index < -0.39 is 43.2 Å². The molecule has 0 spiro atoms. The molecule has 6 N–H and O–H groups in total. The zero-order valence-electron chi connectivity index (χ0n) is 12.8.